The number of nitrogens with one attached hydrogen (secondary N) is 1. The zero-order valence-corrected chi connectivity index (χ0v) is 21.1. The fraction of sp³-hybridized carbons (Fsp3) is 0.625. The molecule has 0 bridgehead atoms. The van der Waals surface area contributed by atoms with Crippen LogP contribution in [0.5, 0.6) is 0 Å². The predicted molar refractivity (Wildman–Crippen MR) is 128 cm³/mol. The first-order chi connectivity index (χ1) is 17.3. The van der Waals surface area contributed by atoms with Gasteiger partial charge in [-0.15, -0.1) is 0 Å². The molecule has 37 heavy (non-hydrogen) atoms. The number of hydrogen-bond donors (Lipinski definition) is 3. The Labute approximate surface area is 217 Å². The average Bonchev–Trinajstić information content (AvgIpc) is 3.58. The number of carbonyl (C=O) groups is 3. The highest BCUT2D eigenvalue weighted by molar-refractivity contribution is 6.31. The van der Waals surface area contributed by atoms with E-state index in [4.69, 9.17) is 11.6 Å². The van der Waals surface area contributed by atoms with Crippen molar-refractivity contribution in [1.29, 1.82) is 0 Å². The Morgan fingerprint density at radius 3 is 2.51 bits per heavy atom. The molecule has 1 saturated carbocycles. The van der Waals surface area contributed by atoms with Crippen LogP contribution in [0.1, 0.15) is 38.2 Å². The van der Waals surface area contributed by atoms with Gasteiger partial charge in [0.05, 0.1) is 29.2 Å². The molecule has 2 saturated heterocycles. The fourth-order valence-corrected chi connectivity index (χ4v) is 5.33. The Balaban J connectivity index is 1.27. The van der Waals surface area contributed by atoms with E-state index >= 15 is 0 Å². The number of piperazine rings is 1. The second-order valence-corrected chi connectivity index (χ2v) is 10.5. The standard InChI is InChI=1S/C24H30ClF3N4O5/c1-14-21(36)31(12-16(33)11-20(35)30-7-6-23(4-5-23)19(34)13-30)8-9-32(14)22(37)29-15-2-3-17(18(25)10-15)24(26,27)28/h2-3,10,14,16,19,33-34H,4-9,11-13H2,1H3,(H,29,37)/t14-,16?,19+/m0/s1. The van der Waals surface area contributed by atoms with Crippen molar-refractivity contribution in [2.75, 3.05) is 38.0 Å². The summed E-state index contributed by atoms with van der Waals surface area (Å²) < 4.78 is 38.7. The zero-order chi connectivity index (χ0) is 27.1. The summed E-state index contributed by atoms with van der Waals surface area (Å²) in [6, 6.07) is 1.26. The summed E-state index contributed by atoms with van der Waals surface area (Å²) in [4.78, 5) is 42.3. The first kappa shape index (κ1) is 27.5. The quantitative estimate of drug-likeness (QED) is 0.525. The van der Waals surface area contributed by atoms with E-state index in [0.29, 0.717) is 6.54 Å². The van der Waals surface area contributed by atoms with Crippen LogP contribution >= 0.6 is 11.6 Å². The molecule has 4 rings (SSSR count). The van der Waals surface area contributed by atoms with Gasteiger partial charge in [0, 0.05) is 38.4 Å². The van der Waals surface area contributed by atoms with Crippen molar-refractivity contribution in [3.05, 3.63) is 28.8 Å². The summed E-state index contributed by atoms with van der Waals surface area (Å²) in [6.07, 6.45) is -3.77. The number of β-amino-alcohol motifs (C(OH)–C–C–N with tert-alkyl or cyclic N) is 2. The second-order valence-electron chi connectivity index (χ2n) is 10.1. The molecule has 3 aliphatic rings. The molecule has 0 radical (unpaired) electrons. The van der Waals surface area contributed by atoms with Gasteiger partial charge in [0.1, 0.15) is 6.04 Å². The number of likely N-dealkylation sites (tertiary alicyclic amines) is 1. The molecule has 13 heteroatoms. The molecule has 3 N–H and O–H groups in total. The van der Waals surface area contributed by atoms with Crippen LogP contribution in [0.3, 0.4) is 0 Å². The Kier molecular flexibility index (Phi) is 7.64. The van der Waals surface area contributed by atoms with Crippen LogP contribution in [0, 0.1) is 5.41 Å². The lowest BCUT2D eigenvalue weighted by Crippen LogP contribution is -2.59. The van der Waals surface area contributed by atoms with Crippen LogP contribution in [0.15, 0.2) is 18.2 Å². The number of hydrogen-bond acceptors (Lipinski definition) is 5. The number of urea groups is 1. The van der Waals surface area contributed by atoms with Crippen molar-refractivity contribution in [2.24, 2.45) is 5.41 Å². The Morgan fingerprint density at radius 1 is 1.22 bits per heavy atom. The highest BCUT2D eigenvalue weighted by Gasteiger charge is 2.51. The number of alkyl halides is 3. The van der Waals surface area contributed by atoms with E-state index in [1.165, 1.54) is 16.7 Å². The van der Waals surface area contributed by atoms with E-state index in [2.05, 4.69) is 5.32 Å². The maximum absolute atomic E-state index is 12.9. The lowest BCUT2D eigenvalue weighted by Gasteiger charge is -2.40. The number of aliphatic hydroxyl groups is 2. The highest BCUT2D eigenvalue weighted by Crippen LogP contribution is 2.53. The lowest BCUT2D eigenvalue weighted by atomic mass is 9.90. The molecule has 1 unspecified atom stereocenters. The molecule has 3 fully saturated rings. The Bertz CT molecular complexity index is 1070. The third-order valence-electron chi connectivity index (χ3n) is 7.60. The first-order valence-corrected chi connectivity index (χ1v) is 12.6. The summed E-state index contributed by atoms with van der Waals surface area (Å²) in [6.45, 7) is 2.44. The molecule has 2 aliphatic heterocycles. The minimum Gasteiger partial charge on any atom is -0.391 e. The molecule has 1 spiro atoms. The van der Waals surface area contributed by atoms with Gasteiger partial charge in [-0.05, 0) is 49.8 Å². The summed E-state index contributed by atoms with van der Waals surface area (Å²) in [5.74, 6) is -0.710. The normalized spacial score (nSPS) is 24.3. The number of carbonyl (C=O) groups excluding carboxylic acids is 3. The SMILES string of the molecule is C[C@H]1C(=O)N(CC(O)CC(=O)N2CCC3(CC3)[C@H](O)C2)CCN1C(=O)Nc1ccc(C(F)(F)F)c(Cl)c1. The Morgan fingerprint density at radius 2 is 1.92 bits per heavy atom. The number of amides is 4. The summed E-state index contributed by atoms with van der Waals surface area (Å²) >= 11 is 5.70. The molecular weight excluding hydrogens is 517 g/mol. The molecule has 1 aliphatic carbocycles. The van der Waals surface area contributed by atoms with E-state index < -0.39 is 47.0 Å². The van der Waals surface area contributed by atoms with E-state index in [1.54, 1.807) is 4.90 Å². The molecule has 2 heterocycles. The summed E-state index contributed by atoms with van der Waals surface area (Å²) in [5, 5.41) is 22.7. The van der Waals surface area contributed by atoms with Gasteiger partial charge < -0.3 is 30.2 Å². The number of rotatable bonds is 5. The van der Waals surface area contributed by atoms with Crippen molar-refractivity contribution < 1.29 is 37.8 Å². The number of aliphatic hydroxyl groups excluding tert-OH is 2. The minimum atomic E-state index is -4.62. The monoisotopic (exact) mass is 546 g/mol. The van der Waals surface area contributed by atoms with Crippen molar-refractivity contribution in [3.8, 4) is 0 Å². The predicted octanol–water partition coefficient (Wildman–Crippen LogP) is 2.55. The van der Waals surface area contributed by atoms with E-state index in [1.807, 2.05) is 0 Å². The smallest absolute Gasteiger partial charge is 0.391 e. The largest absolute Gasteiger partial charge is 0.417 e. The van der Waals surface area contributed by atoms with E-state index in [-0.39, 0.29) is 49.6 Å². The van der Waals surface area contributed by atoms with Gasteiger partial charge in [-0.25, -0.2) is 4.79 Å². The summed E-state index contributed by atoms with van der Waals surface area (Å²) in [7, 11) is 0. The minimum absolute atomic E-state index is 0.0390. The van der Waals surface area contributed by atoms with Gasteiger partial charge in [-0.2, -0.15) is 13.2 Å². The van der Waals surface area contributed by atoms with Crippen LogP contribution in [0.25, 0.3) is 0 Å². The van der Waals surface area contributed by atoms with Gasteiger partial charge in [-0.1, -0.05) is 11.6 Å². The zero-order valence-electron chi connectivity index (χ0n) is 20.3. The van der Waals surface area contributed by atoms with Crippen LogP contribution in [-0.4, -0.2) is 93.7 Å². The topological polar surface area (TPSA) is 113 Å². The van der Waals surface area contributed by atoms with Gasteiger partial charge in [0.25, 0.3) is 0 Å². The molecule has 204 valence electrons. The maximum atomic E-state index is 12.9. The Hall–Kier alpha value is -2.57. The number of piperidine rings is 1. The molecule has 0 aromatic heterocycles. The van der Waals surface area contributed by atoms with E-state index in [0.717, 1.165) is 37.5 Å². The fourth-order valence-electron chi connectivity index (χ4n) is 5.04. The van der Waals surface area contributed by atoms with Crippen molar-refractivity contribution in [3.63, 3.8) is 0 Å². The number of nitrogens with zero attached hydrogens (tertiary/aromatic N) is 3. The third kappa shape index (κ3) is 5.96. The average molecular weight is 547 g/mol. The number of benzene rings is 1. The van der Waals surface area contributed by atoms with Gasteiger partial charge >= 0.3 is 12.2 Å². The van der Waals surface area contributed by atoms with Crippen molar-refractivity contribution in [1.82, 2.24) is 14.7 Å². The van der Waals surface area contributed by atoms with Gasteiger partial charge in [0.2, 0.25) is 11.8 Å². The highest BCUT2D eigenvalue weighted by atomic mass is 35.5. The second kappa shape index (κ2) is 10.3. The van der Waals surface area contributed by atoms with E-state index in [9.17, 15) is 37.8 Å². The third-order valence-corrected chi connectivity index (χ3v) is 7.91. The van der Waals surface area contributed by atoms with Crippen molar-refractivity contribution >= 4 is 35.1 Å². The van der Waals surface area contributed by atoms with Crippen molar-refractivity contribution in [2.45, 2.75) is 57.0 Å². The van der Waals surface area contributed by atoms with Crippen LogP contribution in [-0.2, 0) is 15.8 Å². The molecule has 3 atom stereocenters. The molecule has 4 amide bonds. The van der Waals surface area contributed by atoms with Crippen LogP contribution in [0.2, 0.25) is 5.02 Å². The molecule has 9 nitrogen and oxygen atoms in total. The lowest BCUT2D eigenvalue weighted by molar-refractivity contribution is -0.144. The molecular formula is C24H30ClF3N4O5. The van der Waals surface area contributed by atoms with Gasteiger partial charge in [0.15, 0.2) is 0 Å². The first-order valence-electron chi connectivity index (χ1n) is 12.2. The number of halogens is 4. The molecule has 1 aromatic rings. The van der Waals surface area contributed by atoms with Crippen LogP contribution < -0.4 is 5.32 Å². The van der Waals surface area contributed by atoms with Crippen LogP contribution in [0.4, 0.5) is 23.7 Å². The maximum Gasteiger partial charge on any atom is 0.417 e. The van der Waals surface area contributed by atoms with Gasteiger partial charge in [-0.3, -0.25) is 9.59 Å². The number of anilines is 1. The molecule has 1 aromatic carbocycles. The summed E-state index contributed by atoms with van der Waals surface area (Å²) in [5.41, 5.74) is -1.01.